The molecule has 3 amide bonds. The normalized spacial score (nSPS) is 11.4. The van der Waals surface area contributed by atoms with Crippen LogP contribution < -0.4 is 21.7 Å². The highest BCUT2D eigenvalue weighted by Crippen LogP contribution is 2.31. The van der Waals surface area contributed by atoms with E-state index in [0.717, 1.165) is 22.8 Å². The van der Waals surface area contributed by atoms with E-state index in [4.69, 9.17) is 11.5 Å². The van der Waals surface area contributed by atoms with E-state index >= 15 is 0 Å². The molecular formula is C28H29N7O3S. The number of hydrogen-bond donors (Lipinski definition) is 3. The van der Waals surface area contributed by atoms with Gasteiger partial charge in [-0.2, -0.15) is 4.37 Å². The molecule has 0 aliphatic carbocycles. The first-order valence-corrected chi connectivity index (χ1v) is 12.9. The van der Waals surface area contributed by atoms with Gasteiger partial charge in [0, 0.05) is 45.3 Å². The van der Waals surface area contributed by atoms with E-state index in [9.17, 15) is 14.4 Å². The van der Waals surface area contributed by atoms with Crippen molar-refractivity contribution < 1.29 is 14.4 Å². The topological polar surface area (TPSA) is 148 Å². The summed E-state index contributed by atoms with van der Waals surface area (Å²) in [6.45, 7) is 0.324. The van der Waals surface area contributed by atoms with Crippen LogP contribution in [-0.2, 0) is 17.9 Å². The van der Waals surface area contributed by atoms with E-state index in [1.165, 1.54) is 4.90 Å². The summed E-state index contributed by atoms with van der Waals surface area (Å²) < 4.78 is 3.99. The summed E-state index contributed by atoms with van der Waals surface area (Å²) in [4.78, 5) is 47.2. The quantitative estimate of drug-likeness (QED) is 0.279. The first kappa shape index (κ1) is 27.3. The predicted molar refractivity (Wildman–Crippen MR) is 151 cm³/mol. The zero-order valence-electron chi connectivity index (χ0n) is 21.6. The Morgan fingerprint density at radius 1 is 0.974 bits per heavy atom. The molecule has 2 heterocycles. The van der Waals surface area contributed by atoms with Crippen LogP contribution in [0.15, 0.2) is 79.1 Å². The SMILES string of the molecule is CN(C)c1ccc([C@H](C(=O)NCc2ccccc2)N(Cc2cccnc2)C(=O)c2snc(C(N)=O)c2N)cc1. The fourth-order valence-corrected chi connectivity index (χ4v) is 4.80. The summed E-state index contributed by atoms with van der Waals surface area (Å²) in [6, 6.07) is 19.4. The maximum absolute atomic E-state index is 14.0. The molecule has 4 rings (SSSR count). The second-order valence-corrected chi connectivity index (χ2v) is 9.80. The van der Waals surface area contributed by atoms with E-state index in [0.29, 0.717) is 11.1 Å². The number of nitrogens with zero attached hydrogens (tertiary/aromatic N) is 4. The average Bonchev–Trinajstić information content (AvgIpc) is 3.34. The number of aromatic nitrogens is 2. The Hall–Kier alpha value is -4.77. The lowest BCUT2D eigenvalue weighted by atomic mass is 10.0. The van der Waals surface area contributed by atoms with Gasteiger partial charge in [0.2, 0.25) is 5.91 Å². The number of anilines is 2. The van der Waals surface area contributed by atoms with Gasteiger partial charge in [-0.1, -0.05) is 48.5 Å². The van der Waals surface area contributed by atoms with Crippen LogP contribution in [0.4, 0.5) is 11.4 Å². The van der Waals surface area contributed by atoms with Crippen LogP contribution in [0.3, 0.4) is 0 Å². The first-order valence-electron chi connectivity index (χ1n) is 12.1. The summed E-state index contributed by atoms with van der Waals surface area (Å²) in [5.74, 6) is -1.78. The molecule has 0 aliphatic rings. The zero-order chi connectivity index (χ0) is 27.9. The van der Waals surface area contributed by atoms with E-state index in [1.54, 1.807) is 18.5 Å². The van der Waals surface area contributed by atoms with Gasteiger partial charge in [0.1, 0.15) is 10.9 Å². The van der Waals surface area contributed by atoms with Gasteiger partial charge in [-0.25, -0.2) is 0 Å². The molecular weight excluding hydrogens is 514 g/mol. The third kappa shape index (κ3) is 6.39. The third-order valence-corrected chi connectivity index (χ3v) is 6.94. The number of benzene rings is 2. The summed E-state index contributed by atoms with van der Waals surface area (Å²) in [5, 5.41) is 2.97. The lowest BCUT2D eigenvalue weighted by molar-refractivity contribution is -0.126. The largest absolute Gasteiger partial charge is 0.395 e. The fourth-order valence-electron chi connectivity index (χ4n) is 4.04. The van der Waals surface area contributed by atoms with Gasteiger partial charge in [0.25, 0.3) is 11.8 Å². The highest BCUT2D eigenvalue weighted by molar-refractivity contribution is 7.09. The Labute approximate surface area is 230 Å². The molecule has 0 radical (unpaired) electrons. The van der Waals surface area contributed by atoms with Gasteiger partial charge in [-0.3, -0.25) is 19.4 Å². The number of amides is 3. The molecule has 1 atom stereocenters. The van der Waals surface area contributed by atoms with Crippen molar-refractivity contribution in [2.24, 2.45) is 5.73 Å². The van der Waals surface area contributed by atoms with Gasteiger partial charge in [-0.05, 0) is 46.4 Å². The predicted octanol–water partition coefficient (Wildman–Crippen LogP) is 2.99. The van der Waals surface area contributed by atoms with Crippen molar-refractivity contribution in [1.82, 2.24) is 19.6 Å². The number of primary amides is 1. The zero-order valence-corrected chi connectivity index (χ0v) is 22.4. The van der Waals surface area contributed by atoms with Crippen molar-refractivity contribution in [2.75, 3.05) is 24.7 Å². The number of nitrogen functional groups attached to an aromatic ring is 1. The van der Waals surface area contributed by atoms with Crippen LogP contribution in [0, 0.1) is 0 Å². The van der Waals surface area contributed by atoms with E-state index < -0.39 is 17.9 Å². The minimum Gasteiger partial charge on any atom is -0.395 e. The van der Waals surface area contributed by atoms with Gasteiger partial charge >= 0.3 is 0 Å². The average molecular weight is 544 g/mol. The van der Waals surface area contributed by atoms with Crippen LogP contribution in [0.2, 0.25) is 0 Å². The summed E-state index contributed by atoms with van der Waals surface area (Å²) >= 11 is 0.771. The molecule has 10 nitrogen and oxygen atoms in total. The monoisotopic (exact) mass is 543 g/mol. The molecule has 0 spiro atoms. The third-order valence-electron chi connectivity index (χ3n) is 6.09. The Morgan fingerprint density at radius 3 is 2.26 bits per heavy atom. The Kier molecular flexibility index (Phi) is 8.52. The number of pyridine rings is 1. The standard InChI is InChI=1S/C28H29N7O3S/c1-34(2)21-12-10-20(11-13-21)24(27(37)32-16-18-7-4-3-5-8-18)35(17-19-9-6-14-31-15-19)28(38)25-22(29)23(26(30)36)33-39-25/h3-15,24H,16-17,29H2,1-2H3,(H2,30,36)(H,32,37)/t24-/m1/s1. The number of nitrogens with one attached hydrogen (secondary N) is 1. The Bertz CT molecular complexity index is 1440. The summed E-state index contributed by atoms with van der Waals surface area (Å²) in [6.07, 6.45) is 3.25. The molecule has 0 saturated heterocycles. The number of carbonyl (C=O) groups is 3. The van der Waals surface area contributed by atoms with Crippen LogP contribution in [0.25, 0.3) is 0 Å². The van der Waals surface area contributed by atoms with E-state index in [2.05, 4.69) is 14.7 Å². The van der Waals surface area contributed by atoms with Crippen molar-refractivity contribution in [3.63, 3.8) is 0 Å². The molecule has 0 fully saturated rings. The highest BCUT2D eigenvalue weighted by Gasteiger charge is 2.35. The van der Waals surface area contributed by atoms with Crippen LogP contribution >= 0.6 is 11.5 Å². The molecule has 2 aromatic heterocycles. The highest BCUT2D eigenvalue weighted by atomic mass is 32.1. The maximum atomic E-state index is 14.0. The van der Waals surface area contributed by atoms with Gasteiger partial charge in [-0.15, -0.1) is 0 Å². The molecule has 11 heteroatoms. The van der Waals surface area contributed by atoms with Crippen LogP contribution in [0.5, 0.6) is 0 Å². The van der Waals surface area contributed by atoms with Crippen molar-refractivity contribution in [3.05, 3.63) is 106 Å². The first-order chi connectivity index (χ1) is 18.8. The van der Waals surface area contributed by atoms with Crippen molar-refractivity contribution in [1.29, 1.82) is 0 Å². The van der Waals surface area contributed by atoms with E-state index in [-0.39, 0.29) is 35.3 Å². The van der Waals surface area contributed by atoms with Gasteiger partial charge in [0.05, 0.1) is 5.69 Å². The van der Waals surface area contributed by atoms with Crippen molar-refractivity contribution >= 4 is 40.6 Å². The summed E-state index contributed by atoms with van der Waals surface area (Å²) in [5.41, 5.74) is 14.4. The molecule has 4 aromatic rings. The van der Waals surface area contributed by atoms with Gasteiger partial charge < -0.3 is 26.6 Å². The minimum atomic E-state index is -1.03. The number of nitrogens with two attached hydrogens (primary N) is 2. The lowest BCUT2D eigenvalue weighted by Crippen LogP contribution is -2.43. The minimum absolute atomic E-state index is 0.0264. The second kappa shape index (κ2) is 12.2. The number of rotatable bonds is 10. The fraction of sp³-hybridized carbons (Fsp3) is 0.179. The number of hydrogen-bond acceptors (Lipinski definition) is 8. The Balaban J connectivity index is 1.78. The molecule has 0 bridgehead atoms. The van der Waals surface area contributed by atoms with E-state index in [1.807, 2.05) is 79.7 Å². The van der Waals surface area contributed by atoms with Crippen molar-refractivity contribution in [3.8, 4) is 0 Å². The number of carbonyl (C=O) groups excluding carboxylic acids is 3. The molecule has 5 N–H and O–H groups in total. The molecule has 200 valence electrons. The molecule has 39 heavy (non-hydrogen) atoms. The molecule has 0 aliphatic heterocycles. The Morgan fingerprint density at radius 2 is 1.67 bits per heavy atom. The lowest BCUT2D eigenvalue weighted by Gasteiger charge is -2.31. The van der Waals surface area contributed by atoms with Gasteiger partial charge in [0.15, 0.2) is 5.69 Å². The molecule has 0 saturated carbocycles. The van der Waals surface area contributed by atoms with Crippen LogP contribution in [-0.4, -0.2) is 46.1 Å². The molecule has 0 unspecified atom stereocenters. The summed E-state index contributed by atoms with van der Waals surface area (Å²) in [7, 11) is 3.83. The maximum Gasteiger partial charge on any atom is 0.270 e. The second-order valence-electron chi connectivity index (χ2n) is 9.02. The smallest absolute Gasteiger partial charge is 0.270 e. The van der Waals surface area contributed by atoms with Crippen LogP contribution in [0.1, 0.15) is 42.9 Å². The van der Waals surface area contributed by atoms with Crippen molar-refractivity contribution in [2.45, 2.75) is 19.1 Å². The molecule has 2 aromatic carbocycles.